The van der Waals surface area contributed by atoms with Crippen molar-refractivity contribution in [1.29, 1.82) is 0 Å². The van der Waals surface area contributed by atoms with Crippen molar-refractivity contribution >= 4 is 46.3 Å². The van der Waals surface area contributed by atoms with Crippen molar-refractivity contribution in [3.05, 3.63) is 93.5 Å². The lowest BCUT2D eigenvalue weighted by Crippen LogP contribution is -2.29. The monoisotopic (exact) mass is 497 g/mol. The molecule has 1 saturated heterocycles. The number of phenols is 1. The van der Waals surface area contributed by atoms with Crippen LogP contribution in [0.3, 0.4) is 0 Å². The number of aliphatic hydroxyl groups is 1. The number of halogens is 2. The van der Waals surface area contributed by atoms with E-state index in [1.807, 2.05) is 13.8 Å². The first-order valence-electron chi connectivity index (χ1n) is 10.5. The molecule has 1 aliphatic rings. The molecule has 0 spiro atoms. The zero-order valence-corrected chi connectivity index (χ0v) is 19.8. The zero-order valence-electron chi connectivity index (χ0n) is 18.3. The maximum atomic E-state index is 13.2. The number of carbonyl (C=O) groups excluding carboxylic acids is 2. The molecule has 0 saturated carbocycles. The van der Waals surface area contributed by atoms with Crippen LogP contribution in [0.2, 0.25) is 10.0 Å². The Kier molecular flexibility index (Phi) is 6.55. The number of ketones is 1. The summed E-state index contributed by atoms with van der Waals surface area (Å²) in [4.78, 5) is 27.7. The third kappa shape index (κ3) is 4.60. The van der Waals surface area contributed by atoms with Crippen LogP contribution in [0.4, 0.5) is 5.69 Å². The fraction of sp³-hybridized carbons (Fsp3) is 0.154. The fourth-order valence-corrected chi connectivity index (χ4v) is 4.45. The minimum atomic E-state index is -1.03. The molecule has 174 valence electrons. The lowest BCUT2D eigenvalue weighted by molar-refractivity contribution is -0.132. The van der Waals surface area contributed by atoms with Gasteiger partial charge in [0.05, 0.1) is 17.7 Å². The Morgan fingerprint density at radius 2 is 1.65 bits per heavy atom. The van der Waals surface area contributed by atoms with Crippen LogP contribution in [0.15, 0.2) is 72.3 Å². The van der Waals surface area contributed by atoms with Crippen LogP contribution in [0.25, 0.3) is 5.76 Å². The molecule has 0 aliphatic carbocycles. The number of hydrogen-bond donors (Lipinski definition) is 2. The number of carbonyl (C=O) groups is 2. The van der Waals surface area contributed by atoms with Crippen LogP contribution in [0, 0.1) is 0 Å². The molecule has 1 unspecified atom stereocenters. The van der Waals surface area contributed by atoms with Gasteiger partial charge < -0.3 is 14.9 Å². The lowest BCUT2D eigenvalue weighted by Gasteiger charge is -2.26. The van der Waals surface area contributed by atoms with Gasteiger partial charge in [-0.1, -0.05) is 47.5 Å². The summed E-state index contributed by atoms with van der Waals surface area (Å²) in [6.07, 6.45) is -0.0946. The van der Waals surface area contributed by atoms with Crippen molar-refractivity contribution in [3.63, 3.8) is 0 Å². The summed E-state index contributed by atoms with van der Waals surface area (Å²) in [5.41, 5.74) is 0.883. The van der Waals surface area contributed by atoms with Crippen molar-refractivity contribution in [2.45, 2.75) is 26.0 Å². The predicted molar refractivity (Wildman–Crippen MR) is 132 cm³/mol. The summed E-state index contributed by atoms with van der Waals surface area (Å²) in [6.45, 7) is 3.74. The number of ether oxygens (including phenoxy) is 1. The number of nitrogens with zero attached hydrogens (tertiary/aromatic N) is 1. The van der Waals surface area contributed by atoms with Gasteiger partial charge >= 0.3 is 0 Å². The average Bonchev–Trinajstić information content (AvgIpc) is 3.03. The normalized spacial score (nSPS) is 17.4. The van der Waals surface area contributed by atoms with Gasteiger partial charge in [0, 0.05) is 21.3 Å². The molecule has 0 radical (unpaired) electrons. The second-order valence-electron chi connectivity index (χ2n) is 8.09. The van der Waals surface area contributed by atoms with Gasteiger partial charge in [-0.15, -0.1) is 0 Å². The van der Waals surface area contributed by atoms with Crippen LogP contribution in [-0.4, -0.2) is 28.0 Å². The standard InChI is InChI=1S/C26H21Cl2NO5/c1-14(2)34-21-8-4-6-16(10-21)24(31)22-23(15-5-3-7-20(30)9-15)29(26(33)25(22)32)19-12-17(27)11-18(28)13-19/h3-14,23,30-31H,1-2H3/b24-22+. The molecule has 3 aromatic rings. The molecule has 4 rings (SSSR count). The van der Waals surface area contributed by atoms with Gasteiger partial charge in [-0.3, -0.25) is 14.5 Å². The Morgan fingerprint density at radius 1 is 0.971 bits per heavy atom. The van der Waals surface area contributed by atoms with Crippen LogP contribution in [0.1, 0.15) is 31.0 Å². The molecule has 0 aromatic heterocycles. The molecule has 3 aromatic carbocycles. The van der Waals surface area contributed by atoms with E-state index < -0.39 is 17.7 Å². The van der Waals surface area contributed by atoms with E-state index in [0.717, 1.165) is 0 Å². The number of aliphatic hydroxyl groups excluding tert-OH is 1. The van der Waals surface area contributed by atoms with Crippen LogP contribution < -0.4 is 9.64 Å². The second kappa shape index (κ2) is 9.41. The van der Waals surface area contributed by atoms with E-state index in [1.165, 1.54) is 35.2 Å². The molecular formula is C26H21Cl2NO5. The first kappa shape index (κ1) is 23.7. The van der Waals surface area contributed by atoms with Crippen molar-refractivity contribution in [2.24, 2.45) is 0 Å². The summed E-state index contributed by atoms with van der Waals surface area (Å²) < 4.78 is 5.70. The highest BCUT2D eigenvalue weighted by molar-refractivity contribution is 6.52. The average molecular weight is 498 g/mol. The first-order chi connectivity index (χ1) is 16.2. The number of phenolic OH excluding ortho intramolecular Hbond substituents is 1. The van der Waals surface area contributed by atoms with E-state index in [0.29, 0.717) is 16.9 Å². The molecule has 8 heteroatoms. The second-order valence-corrected chi connectivity index (χ2v) is 8.96. The Hall–Kier alpha value is -3.48. The Bertz CT molecular complexity index is 1300. The Morgan fingerprint density at radius 3 is 2.29 bits per heavy atom. The van der Waals surface area contributed by atoms with Crippen molar-refractivity contribution < 1.29 is 24.5 Å². The number of hydrogen-bond acceptors (Lipinski definition) is 5. The number of amides is 1. The van der Waals surface area contributed by atoms with E-state index in [9.17, 15) is 19.8 Å². The van der Waals surface area contributed by atoms with Crippen molar-refractivity contribution in [2.75, 3.05) is 4.90 Å². The Balaban J connectivity index is 1.94. The summed E-state index contributed by atoms with van der Waals surface area (Å²) >= 11 is 12.3. The summed E-state index contributed by atoms with van der Waals surface area (Å²) in [5.74, 6) is -1.65. The van der Waals surface area contributed by atoms with E-state index in [-0.39, 0.29) is 38.9 Å². The molecule has 1 atom stereocenters. The summed E-state index contributed by atoms with van der Waals surface area (Å²) in [6, 6.07) is 16.3. The Labute approximate surface area is 206 Å². The highest BCUT2D eigenvalue weighted by Crippen LogP contribution is 2.44. The van der Waals surface area contributed by atoms with Gasteiger partial charge in [0.15, 0.2) is 0 Å². The van der Waals surface area contributed by atoms with Gasteiger partial charge in [0.25, 0.3) is 11.7 Å². The number of aromatic hydroxyl groups is 1. The molecule has 1 aliphatic heterocycles. The van der Waals surface area contributed by atoms with Crippen LogP contribution in [-0.2, 0) is 9.59 Å². The quantitative estimate of drug-likeness (QED) is 0.252. The van der Waals surface area contributed by atoms with E-state index in [1.54, 1.807) is 36.4 Å². The minimum Gasteiger partial charge on any atom is -0.508 e. The predicted octanol–water partition coefficient (Wildman–Crippen LogP) is 6.11. The topological polar surface area (TPSA) is 87.1 Å². The van der Waals surface area contributed by atoms with Crippen molar-refractivity contribution in [3.8, 4) is 11.5 Å². The zero-order chi connectivity index (χ0) is 24.6. The smallest absolute Gasteiger partial charge is 0.300 e. The van der Waals surface area contributed by atoms with Gasteiger partial charge in [-0.25, -0.2) is 0 Å². The van der Waals surface area contributed by atoms with Crippen molar-refractivity contribution in [1.82, 2.24) is 0 Å². The van der Waals surface area contributed by atoms with E-state index in [2.05, 4.69) is 0 Å². The molecule has 6 nitrogen and oxygen atoms in total. The van der Waals surface area contributed by atoms with Gasteiger partial charge in [-0.2, -0.15) is 0 Å². The molecular weight excluding hydrogens is 477 g/mol. The van der Waals surface area contributed by atoms with Gasteiger partial charge in [-0.05, 0) is 61.9 Å². The molecule has 2 N–H and O–H groups in total. The number of rotatable bonds is 5. The largest absolute Gasteiger partial charge is 0.508 e. The molecule has 1 amide bonds. The number of anilines is 1. The maximum Gasteiger partial charge on any atom is 0.300 e. The fourth-order valence-electron chi connectivity index (χ4n) is 3.93. The van der Waals surface area contributed by atoms with E-state index in [4.69, 9.17) is 27.9 Å². The van der Waals surface area contributed by atoms with Crippen LogP contribution in [0.5, 0.6) is 11.5 Å². The first-order valence-corrected chi connectivity index (χ1v) is 11.2. The molecule has 0 bridgehead atoms. The molecule has 1 heterocycles. The molecule has 1 fully saturated rings. The summed E-state index contributed by atoms with van der Waals surface area (Å²) in [5, 5.41) is 21.9. The SMILES string of the molecule is CC(C)Oc1cccc(/C(O)=C2\C(=O)C(=O)N(c3cc(Cl)cc(Cl)c3)C2c2cccc(O)c2)c1. The van der Waals surface area contributed by atoms with E-state index >= 15 is 0 Å². The van der Waals surface area contributed by atoms with Crippen LogP contribution >= 0.6 is 23.2 Å². The number of benzene rings is 3. The third-order valence-electron chi connectivity index (χ3n) is 5.24. The highest BCUT2D eigenvalue weighted by atomic mass is 35.5. The third-order valence-corrected chi connectivity index (χ3v) is 5.67. The molecule has 34 heavy (non-hydrogen) atoms. The minimum absolute atomic E-state index is 0.0560. The number of Topliss-reactive ketones (excluding diaryl/α,β-unsaturated/α-hetero) is 1. The lowest BCUT2D eigenvalue weighted by atomic mass is 9.95. The van der Waals surface area contributed by atoms with Gasteiger partial charge in [0.2, 0.25) is 0 Å². The van der Waals surface area contributed by atoms with Gasteiger partial charge in [0.1, 0.15) is 17.3 Å². The summed E-state index contributed by atoms with van der Waals surface area (Å²) in [7, 11) is 0. The maximum absolute atomic E-state index is 13.2. The highest BCUT2D eigenvalue weighted by Gasteiger charge is 2.47.